The molecule has 1 fully saturated rings. The minimum Gasteiger partial charge on any atom is -0.493 e. The number of ether oxygens (including phenoxy) is 3. The maximum absolute atomic E-state index is 12.9. The predicted molar refractivity (Wildman–Crippen MR) is 125 cm³/mol. The Bertz CT molecular complexity index is 1090. The molecule has 3 rings (SSSR count). The van der Waals surface area contributed by atoms with E-state index in [-0.39, 0.29) is 17.9 Å². The Morgan fingerprint density at radius 2 is 1.88 bits per heavy atom. The lowest BCUT2D eigenvalue weighted by Gasteiger charge is -2.19. The van der Waals surface area contributed by atoms with Crippen molar-refractivity contribution in [2.45, 2.75) is 20.0 Å². The van der Waals surface area contributed by atoms with Gasteiger partial charge in [-0.3, -0.25) is 15.0 Å². The number of anilines is 1. The Labute approximate surface area is 201 Å². The van der Waals surface area contributed by atoms with Crippen LogP contribution in [0.4, 0.5) is 5.69 Å². The predicted octanol–water partition coefficient (Wildman–Crippen LogP) is 4.01. The van der Waals surface area contributed by atoms with E-state index in [1.807, 2.05) is 6.07 Å². The zero-order chi connectivity index (χ0) is 23.4. The Morgan fingerprint density at radius 1 is 1.19 bits per heavy atom. The van der Waals surface area contributed by atoms with Crippen LogP contribution >= 0.6 is 31.9 Å². The van der Waals surface area contributed by atoms with Crippen LogP contribution in [0.1, 0.15) is 19.4 Å². The maximum Gasteiger partial charge on any atom is 0.347 e. The first-order valence-electron chi connectivity index (χ1n) is 9.59. The van der Waals surface area contributed by atoms with E-state index in [2.05, 4.69) is 37.3 Å². The number of hydrazine groups is 1. The van der Waals surface area contributed by atoms with Crippen molar-refractivity contribution >= 4 is 61.4 Å². The summed E-state index contributed by atoms with van der Waals surface area (Å²) < 4.78 is 17.1. The van der Waals surface area contributed by atoms with Crippen molar-refractivity contribution in [1.29, 1.82) is 0 Å². The average molecular weight is 568 g/mol. The second-order valence-electron chi connectivity index (χ2n) is 6.61. The third-order valence-electron chi connectivity index (χ3n) is 4.49. The first-order valence-corrected chi connectivity index (χ1v) is 11.2. The van der Waals surface area contributed by atoms with E-state index in [9.17, 15) is 14.4 Å². The molecule has 1 aliphatic rings. The van der Waals surface area contributed by atoms with E-state index in [0.717, 1.165) is 0 Å². The van der Waals surface area contributed by atoms with Gasteiger partial charge in [0.1, 0.15) is 5.57 Å². The van der Waals surface area contributed by atoms with E-state index in [1.165, 1.54) is 18.2 Å². The molecule has 0 aromatic heterocycles. The third-order valence-corrected chi connectivity index (χ3v) is 6.64. The number of carbonyl (C=O) groups is 3. The maximum atomic E-state index is 12.9. The zero-order valence-electron chi connectivity index (χ0n) is 17.5. The van der Waals surface area contributed by atoms with Gasteiger partial charge in [0.25, 0.3) is 11.8 Å². The fourth-order valence-corrected chi connectivity index (χ4v) is 3.85. The van der Waals surface area contributed by atoms with E-state index in [0.29, 0.717) is 25.9 Å². The van der Waals surface area contributed by atoms with Crippen LogP contribution in [-0.2, 0) is 19.1 Å². The largest absolute Gasteiger partial charge is 0.493 e. The van der Waals surface area contributed by atoms with Crippen LogP contribution in [0.3, 0.4) is 0 Å². The summed E-state index contributed by atoms with van der Waals surface area (Å²) in [4.78, 5) is 37.3. The highest BCUT2D eigenvalue weighted by Gasteiger charge is 2.35. The molecule has 0 radical (unpaired) electrons. The van der Waals surface area contributed by atoms with E-state index >= 15 is 0 Å². The van der Waals surface area contributed by atoms with Gasteiger partial charge in [-0.2, -0.15) is 0 Å². The van der Waals surface area contributed by atoms with Crippen LogP contribution < -0.4 is 19.9 Å². The first-order chi connectivity index (χ1) is 15.3. The number of halogens is 2. The number of nitrogens with one attached hydrogen (secondary N) is 1. The number of hydrogen-bond acceptors (Lipinski definition) is 6. The Hall–Kier alpha value is -2.85. The lowest BCUT2D eigenvalue weighted by Crippen LogP contribution is -2.35. The Kier molecular flexibility index (Phi) is 7.57. The Morgan fingerprint density at radius 3 is 2.50 bits per heavy atom. The molecule has 0 saturated carbocycles. The minimum absolute atomic E-state index is 0.0444. The first kappa shape index (κ1) is 23.8. The molecule has 2 aromatic carbocycles. The van der Waals surface area contributed by atoms with Crippen LogP contribution in [0.25, 0.3) is 6.08 Å². The number of hydrogen-bond donors (Lipinski definition) is 1. The molecule has 32 heavy (non-hydrogen) atoms. The summed E-state index contributed by atoms with van der Waals surface area (Å²) in [5.41, 5.74) is 3.56. The number of amides is 2. The molecule has 1 saturated heterocycles. The summed E-state index contributed by atoms with van der Waals surface area (Å²) in [5, 5.41) is 1.19. The quantitative estimate of drug-likeness (QED) is 0.309. The molecule has 0 aliphatic carbocycles. The van der Waals surface area contributed by atoms with E-state index in [4.69, 9.17) is 14.2 Å². The standard InChI is InChI=1S/C22H20Br2N2O6/c1-4-31-22(29)12(2)32-19-16(30-3)11-13(17(23)18(19)24)10-15-20(27)25-26(21(15)28)14-8-6-5-7-9-14/h5-12H,4H2,1-3H3,(H,25,27)/b15-10-/t12-/m0/s1. The zero-order valence-corrected chi connectivity index (χ0v) is 20.7. The van der Waals surface area contributed by atoms with Gasteiger partial charge in [-0.1, -0.05) is 18.2 Å². The number of carbonyl (C=O) groups excluding carboxylic acids is 3. The molecule has 2 aromatic rings. The van der Waals surface area contributed by atoms with Crippen LogP contribution in [0.2, 0.25) is 0 Å². The second kappa shape index (κ2) is 10.2. The molecule has 8 nitrogen and oxygen atoms in total. The monoisotopic (exact) mass is 566 g/mol. The molecule has 1 atom stereocenters. The fourth-order valence-electron chi connectivity index (χ4n) is 2.93. The Balaban J connectivity index is 1.96. The summed E-state index contributed by atoms with van der Waals surface area (Å²) in [7, 11) is 1.44. The van der Waals surface area contributed by atoms with E-state index < -0.39 is 23.9 Å². The number of benzene rings is 2. The second-order valence-corrected chi connectivity index (χ2v) is 8.20. The molecule has 168 valence electrons. The van der Waals surface area contributed by atoms with Gasteiger partial charge in [-0.05, 0) is 75.5 Å². The van der Waals surface area contributed by atoms with Gasteiger partial charge >= 0.3 is 5.97 Å². The highest BCUT2D eigenvalue weighted by Crippen LogP contribution is 2.44. The van der Waals surface area contributed by atoms with Gasteiger partial charge in [0.15, 0.2) is 17.6 Å². The van der Waals surface area contributed by atoms with Crippen LogP contribution in [0.15, 0.2) is 50.9 Å². The molecule has 1 aliphatic heterocycles. The minimum atomic E-state index is -0.877. The van der Waals surface area contributed by atoms with Crippen molar-refractivity contribution in [2.24, 2.45) is 0 Å². The van der Waals surface area contributed by atoms with Gasteiger partial charge < -0.3 is 14.2 Å². The van der Waals surface area contributed by atoms with Crippen molar-refractivity contribution in [2.75, 3.05) is 18.7 Å². The normalized spacial score (nSPS) is 15.5. The molecule has 1 heterocycles. The van der Waals surface area contributed by atoms with Crippen LogP contribution in [-0.4, -0.2) is 37.6 Å². The lowest BCUT2D eigenvalue weighted by atomic mass is 10.1. The molecular weight excluding hydrogens is 548 g/mol. The summed E-state index contributed by atoms with van der Waals surface area (Å²) in [6.45, 7) is 3.50. The molecule has 0 spiro atoms. The van der Waals surface area contributed by atoms with Gasteiger partial charge in [-0.15, -0.1) is 0 Å². The topological polar surface area (TPSA) is 94.2 Å². The van der Waals surface area contributed by atoms with Crippen molar-refractivity contribution in [3.63, 3.8) is 0 Å². The van der Waals surface area contributed by atoms with Crippen molar-refractivity contribution < 1.29 is 28.6 Å². The summed E-state index contributed by atoms with van der Waals surface area (Å²) in [5.74, 6) is -0.960. The van der Waals surface area contributed by atoms with Crippen molar-refractivity contribution in [3.8, 4) is 11.5 Å². The molecule has 2 amide bonds. The molecular formula is C22H20Br2N2O6. The number of esters is 1. The lowest BCUT2D eigenvalue weighted by molar-refractivity contribution is -0.150. The molecule has 1 N–H and O–H groups in total. The van der Waals surface area contributed by atoms with Crippen molar-refractivity contribution in [1.82, 2.24) is 5.43 Å². The van der Waals surface area contributed by atoms with Crippen LogP contribution in [0, 0.1) is 0 Å². The molecule has 0 unspecified atom stereocenters. The van der Waals surface area contributed by atoms with Gasteiger partial charge in [0, 0.05) is 4.47 Å². The number of methoxy groups -OCH3 is 1. The molecule has 0 bridgehead atoms. The number of rotatable bonds is 7. The van der Waals surface area contributed by atoms with Gasteiger partial charge in [0.2, 0.25) is 0 Å². The highest BCUT2D eigenvalue weighted by molar-refractivity contribution is 9.13. The average Bonchev–Trinajstić information content (AvgIpc) is 3.07. The number of para-hydroxylation sites is 1. The SMILES string of the molecule is CCOC(=O)[C@H](C)Oc1c(OC)cc(/C=C2/C(=O)NN(c3ccccc3)C2=O)c(Br)c1Br. The summed E-state index contributed by atoms with van der Waals surface area (Å²) in [6.07, 6.45) is 0.578. The smallest absolute Gasteiger partial charge is 0.347 e. The highest BCUT2D eigenvalue weighted by atomic mass is 79.9. The van der Waals surface area contributed by atoms with Crippen molar-refractivity contribution in [3.05, 3.63) is 56.5 Å². The fraction of sp³-hybridized carbons (Fsp3) is 0.227. The van der Waals surface area contributed by atoms with Crippen LogP contribution in [0.5, 0.6) is 11.5 Å². The molecule has 10 heteroatoms. The van der Waals surface area contributed by atoms with E-state index in [1.54, 1.807) is 44.2 Å². The van der Waals surface area contributed by atoms with Gasteiger partial charge in [-0.25, -0.2) is 9.80 Å². The number of nitrogens with zero attached hydrogens (tertiary/aromatic N) is 1. The van der Waals surface area contributed by atoms with Gasteiger partial charge in [0.05, 0.1) is 23.9 Å². The summed E-state index contributed by atoms with van der Waals surface area (Å²) >= 11 is 6.90. The summed E-state index contributed by atoms with van der Waals surface area (Å²) in [6, 6.07) is 10.4. The third kappa shape index (κ3) is 4.81.